The molecule has 1 aliphatic heterocycles. The summed E-state index contributed by atoms with van der Waals surface area (Å²) in [6, 6.07) is 1.71. The number of amides is 1. The van der Waals surface area contributed by atoms with Gasteiger partial charge in [-0.05, 0) is 31.4 Å². The molecule has 2 aromatic rings. The molecule has 0 spiro atoms. The molecule has 2 aromatic heterocycles. The largest absolute Gasteiger partial charge is 0.477 e. The van der Waals surface area contributed by atoms with Crippen LogP contribution >= 0.6 is 22.9 Å². The van der Waals surface area contributed by atoms with Crippen LogP contribution < -0.4 is 10.2 Å². The van der Waals surface area contributed by atoms with E-state index in [0.717, 1.165) is 16.3 Å². The number of aromatic carboxylic acids is 1. The number of carboxylic acids is 1. The van der Waals surface area contributed by atoms with Gasteiger partial charge in [0.25, 0.3) is 5.91 Å². The highest BCUT2D eigenvalue weighted by Crippen LogP contribution is 2.32. The smallest absolute Gasteiger partial charge is 0.346 e. The highest BCUT2D eigenvalue weighted by molar-refractivity contribution is 7.18. The standard InChI is InChI=1S/C18H23ClN4O4S/c1-4-10-15(19)22-16(20-10)17(24)21-11-5-6-23(8-12(11)27-3)13-7-9(2)14(28-13)18(25)26/h7,11-12H,4-6,8H2,1-3H3,(H,20,22)(H,21,24)(H,25,26). The van der Waals surface area contributed by atoms with Gasteiger partial charge in [0.1, 0.15) is 4.88 Å². The number of carbonyl (C=O) groups excluding carboxylic acids is 1. The number of imidazole rings is 1. The molecule has 1 saturated heterocycles. The second kappa shape index (κ2) is 8.50. The number of aryl methyl sites for hydroxylation is 2. The number of rotatable bonds is 6. The first kappa shape index (κ1) is 20.6. The molecule has 0 radical (unpaired) electrons. The molecule has 8 nitrogen and oxygen atoms in total. The van der Waals surface area contributed by atoms with E-state index in [-0.39, 0.29) is 23.9 Å². The average Bonchev–Trinajstić information content (AvgIpc) is 3.24. The van der Waals surface area contributed by atoms with E-state index in [1.807, 2.05) is 13.0 Å². The number of nitrogens with one attached hydrogen (secondary N) is 2. The number of carbonyl (C=O) groups is 2. The summed E-state index contributed by atoms with van der Waals surface area (Å²) in [4.78, 5) is 33.3. The third kappa shape index (κ3) is 4.16. The second-order valence-electron chi connectivity index (χ2n) is 6.70. The number of methoxy groups -OCH3 is 1. The van der Waals surface area contributed by atoms with Gasteiger partial charge < -0.3 is 25.0 Å². The Bertz CT molecular complexity index is 881. The first-order valence-corrected chi connectivity index (χ1v) is 10.2. The minimum Gasteiger partial charge on any atom is -0.477 e. The number of aromatic amines is 1. The molecule has 0 aliphatic carbocycles. The van der Waals surface area contributed by atoms with Crippen LogP contribution in [0.5, 0.6) is 0 Å². The molecular weight excluding hydrogens is 404 g/mol. The molecule has 0 saturated carbocycles. The Hall–Kier alpha value is -2.10. The van der Waals surface area contributed by atoms with Gasteiger partial charge in [-0.2, -0.15) is 0 Å². The van der Waals surface area contributed by atoms with Gasteiger partial charge in [0.15, 0.2) is 11.0 Å². The average molecular weight is 427 g/mol. The molecular formula is C18H23ClN4O4S. The Morgan fingerprint density at radius 3 is 2.86 bits per heavy atom. The topological polar surface area (TPSA) is 108 Å². The third-order valence-electron chi connectivity index (χ3n) is 4.89. The maximum atomic E-state index is 12.5. The van der Waals surface area contributed by atoms with Crippen molar-refractivity contribution < 1.29 is 19.4 Å². The van der Waals surface area contributed by atoms with Crippen molar-refractivity contribution in [3.63, 3.8) is 0 Å². The summed E-state index contributed by atoms with van der Waals surface area (Å²) in [6.45, 7) is 4.96. The van der Waals surface area contributed by atoms with Crippen molar-refractivity contribution in [2.45, 2.75) is 38.8 Å². The van der Waals surface area contributed by atoms with E-state index in [9.17, 15) is 14.7 Å². The van der Waals surface area contributed by atoms with Crippen LogP contribution in [-0.4, -0.2) is 59.3 Å². The van der Waals surface area contributed by atoms with Crippen molar-refractivity contribution in [2.24, 2.45) is 0 Å². The van der Waals surface area contributed by atoms with Crippen LogP contribution in [0.15, 0.2) is 6.07 Å². The van der Waals surface area contributed by atoms with Crippen molar-refractivity contribution in [1.29, 1.82) is 0 Å². The predicted molar refractivity (Wildman–Crippen MR) is 108 cm³/mol. The molecule has 3 heterocycles. The third-order valence-corrected chi connectivity index (χ3v) is 6.48. The van der Waals surface area contributed by atoms with Crippen LogP contribution in [0.3, 0.4) is 0 Å². The van der Waals surface area contributed by atoms with Crippen LogP contribution in [0.25, 0.3) is 0 Å². The Morgan fingerprint density at radius 2 is 2.29 bits per heavy atom. The molecule has 1 fully saturated rings. The maximum absolute atomic E-state index is 12.5. The van der Waals surface area contributed by atoms with Crippen molar-refractivity contribution in [1.82, 2.24) is 15.3 Å². The Labute approximate surface area is 171 Å². The molecule has 152 valence electrons. The quantitative estimate of drug-likeness (QED) is 0.655. The van der Waals surface area contributed by atoms with E-state index in [4.69, 9.17) is 16.3 Å². The normalized spacial score (nSPS) is 19.6. The Balaban J connectivity index is 1.68. The molecule has 2 atom stereocenters. The Morgan fingerprint density at radius 1 is 1.54 bits per heavy atom. The van der Waals surface area contributed by atoms with Crippen LogP contribution in [-0.2, 0) is 11.2 Å². The van der Waals surface area contributed by atoms with Crippen molar-refractivity contribution in [3.8, 4) is 0 Å². The number of aromatic nitrogens is 2. The van der Waals surface area contributed by atoms with Gasteiger partial charge in [-0.25, -0.2) is 9.78 Å². The van der Waals surface area contributed by atoms with E-state index in [2.05, 4.69) is 20.2 Å². The van der Waals surface area contributed by atoms with Crippen molar-refractivity contribution in [3.05, 3.63) is 33.2 Å². The first-order chi connectivity index (χ1) is 13.3. The lowest BCUT2D eigenvalue weighted by Crippen LogP contribution is -2.55. The number of halogens is 1. The number of hydrogen-bond donors (Lipinski definition) is 3. The van der Waals surface area contributed by atoms with E-state index in [0.29, 0.717) is 36.0 Å². The highest BCUT2D eigenvalue weighted by atomic mass is 35.5. The number of nitrogens with zero attached hydrogens (tertiary/aromatic N) is 2. The van der Waals surface area contributed by atoms with Gasteiger partial charge in [-0.15, -0.1) is 11.3 Å². The lowest BCUT2D eigenvalue weighted by molar-refractivity contribution is 0.0539. The minimum atomic E-state index is -0.914. The number of anilines is 1. The van der Waals surface area contributed by atoms with E-state index in [1.54, 1.807) is 14.0 Å². The minimum absolute atomic E-state index is 0.178. The fourth-order valence-electron chi connectivity index (χ4n) is 3.32. The zero-order valence-corrected chi connectivity index (χ0v) is 17.5. The maximum Gasteiger partial charge on any atom is 0.346 e. The highest BCUT2D eigenvalue weighted by Gasteiger charge is 2.32. The van der Waals surface area contributed by atoms with Crippen molar-refractivity contribution >= 4 is 39.8 Å². The Kier molecular flexibility index (Phi) is 6.26. The zero-order chi connectivity index (χ0) is 20.4. The summed E-state index contributed by atoms with van der Waals surface area (Å²) in [6.07, 6.45) is 1.10. The second-order valence-corrected chi connectivity index (χ2v) is 8.09. The molecule has 3 N–H and O–H groups in total. The van der Waals surface area contributed by atoms with Gasteiger partial charge >= 0.3 is 5.97 Å². The zero-order valence-electron chi connectivity index (χ0n) is 15.9. The number of carboxylic acid groups (broad SMARTS) is 1. The summed E-state index contributed by atoms with van der Waals surface area (Å²) in [5, 5.41) is 13.4. The molecule has 2 unspecified atom stereocenters. The van der Waals surface area contributed by atoms with E-state index in [1.165, 1.54) is 11.3 Å². The summed E-state index contributed by atoms with van der Waals surface area (Å²) in [5.41, 5.74) is 1.48. The van der Waals surface area contributed by atoms with Gasteiger partial charge in [-0.3, -0.25) is 4.79 Å². The summed E-state index contributed by atoms with van der Waals surface area (Å²) in [7, 11) is 1.61. The SMILES string of the molecule is CCc1[nH]c(C(=O)NC2CCN(c3cc(C)c(C(=O)O)s3)CC2OC)nc1Cl. The number of ether oxygens (including phenoxy) is 1. The predicted octanol–water partition coefficient (Wildman–Crippen LogP) is 2.72. The van der Waals surface area contributed by atoms with Crippen LogP contribution in [0.2, 0.25) is 5.15 Å². The first-order valence-electron chi connectivity index (χ1n) is 9.00. The summed E-state index contributed by atoms with van der Waals surface area (Å²) < 4.78 is 5.60. The lowest BCUT2D eigenvalue weighted by atomic mass is 10.0. The molecule has 1 aliphatic rings. The summed E-state index contributed by atoms with van der Waals surface area (Å²) >= 11 is 7.28. The molecule has 0 aromatic carbocycles. The fourth-order valence-corrected chi connectivity index (χ4v) is 4.63. The van der Waals surface area contributed by atoms with Crippen LogP contribution in [0.1, 0.15) is 44.9 Å². The molecule has 10 heteroatoms. The van der Waals surface area contributed by atoms with Crippen LogP contribution in [0, 0.1) is 6.92 Å². The molecule has 3 rings (SSSR count). The van der Waals surface area contributed by atoms with E-state index < -0.39 is 5.97 Å². The summed E-state index contributed by atoms with van der Waals surface area (Å²) in [5.74, 6) is -1.04. The monoisotopic (exact) mass is 426 g/mol. The van der Waals surface area contributed by atoms with Gasteiger partial charge in [-0.1, -0.05) is 18.5 Å². The van der Waals surface area contributed by atoms with Crippen molar-refractivity contribution in [2.75, 3.05) is 25.1 Å². The van der Waals surface area contributed by atoms with Gasteiger partial charge in [0.05, 0.1) is 22.8 Å². The number of H-pyrrole nitrogens is 1. The number of thiophene rings is 1. The molecule has 1 amide bonds. The van der Waals surface area contributed by atoms with E-state index >= 15 is 0 Å². The van der Waals surface area contributed by atoms with Gasteiger partial charge in [0, 0.05) is 20.2 Å². The molecule has 28 heavy (non-hydrogen) atoms. The number of hydrogen-bond acceptors (Lipinski definition) is 6. The van der Waals surface area contributed by atoms with Crippen LogP contribution in [0.4, 0.5) is 5.00 Å². The van der Waals surface area contributed by atoms with Gasteiger partial charge in [0.2, 0.25) is 0 Å². The number of piperidine rings is 1. The molecule has 0 bridgehead atoms. The lowest BCUT2D eigenvalue weighted by Gasteiger charge is -2.38. The fraction of sp³-hybridized carbons (Fsp3) is 0.500.